The van der Waals surface area contributed by atoms with Crippen LogP contribution in [0, 0.1) is 5.92 Å². The summed E-state index contributed by atoms with van der Waals surface area (Å²) in [7, 11) is 0. The number of carbonyl (C=O) groups excluding carboxylic acids is 1. The van der Waals surface area contributed by atoms with Crippen molar-refractivity contribution in [3.63, 3.8) is 0 Å². The molecule has 0 aliphatic rings. The predicted molar refractivity (Wildman–Crippen MR) is 45.7 cm³/mol. The van der Waals surface area contributed by atoms with E-state index >= 15 is 0 Å². The number of hydrogen-bond donors (Lipinski definition) is 3. The van der Waals surface area contributed by atoms with Gasteiger partial charge in [0.05, 0.1) is 13.2 Å². The molecule has 12 heavy (non-hydrogen) atoms. The average Bonchev–Trinajstić information content (AvgIpc) is 2.04. The first-order valence-electron chi connectivity index (χ1n) is 3.85. The van der Waals surface area contributed by atoms with Gasteiger partial charge in [-0.15, -0.1) is 0 Å². The Kier molecular flexibility index (Phi) is 10.2. The fourth-order valence-electron chi connectivity index (χ4n) is 0.0577. The SMILES string of the molecule is CC(=O)C(C)C.OCC(O)CO. The van der Waals surface area contributed by atoms with Gasteiger partial charge in [-0.2, -0.15) is 0 Å². The van der Waals surface area contributed by atoms with Gasteiger partial charge in [0.25, 0.3) is 0 Å². The lowest BCUT2D eigenvalue weighted by atomic mass is 10.1. The van der Waals surface area contributed by atoms with Crippen molar-refractivity contribution in [3.8, 4) is 0 Å². The van der Waals surface area contributed by atoms with Crippen molar-refractivity contribution in [2.24, 2.45) is 5.92 Å². The van der Waals surface area contributed by atoms with Crippen molar-refractivity contribution in [1.29, 1.82) is 0 Å². The van der Waals surface area contributed by atoms with Gasteiger partial charge in [0.15, 0.2) is 0 Å². The molecule has 0 aromatic heterocycles. The van der Waals surface area contributed by atoms with E-state index in [9.17, 15) is 4.79 Å². The minimum absolute atomic E-state index is 0.213. The lowest BCUT2D eigenvalue weighted by Crippen LogP contribution is -2.15. The summed E-state index contributed by atoms with van der Waals surface area (Å²) < 4.78 is 0. The van der Waals surface area contributed by atoms with Crippen LogP contribution in [0.4, 0.5) is 0 Å². The molecule has 4 nitrogen and oxygen atoms in total. The Hall–Kier alpha value is -0.450. The molecule has 0 aromatic carbocycles. The van der Waals surface area contributed by atoms with Gasteiger partial charge in [-0.25, -0.2) is 0 Å². The number of rotatable bonds is 3. The second kappa shape index (κ2) is 8.64. The maximum Gasteiger partial charge on any atom is 0.132 e. The Morgan fingerprint density at radius 1 is 1.25 bits per heavy atom. The van der Waals surface area contributed by atoms with Gasteiger partial charge >= 0.3 is 0 Å². The van der Waals surface area contributed by atoms with E-state index < -0.39 is 6.10 Å². The second-order valence-corrected chi connectivity index (χ2v) is 2.78. The van der Waals surface area contributed by atoms with E-state index in [4.69, 9.17) is 15.3 Å². The Morgan fingerprint density at radius 2 is 1.50 bits per heavy atom. The van der Waals surface area contributed by atoms with E-state index in [2.05, 4.69) is 0 Å². The van der Waals surface area contributed by atoms with Gasteiger partial charge in [-0.3, -0.25) is 4.79 Å². The van der Waals surface area contributed by atoms with Crippen LogP contribution in [0.5, 0.6) is 0 Å². The summed E-state index contributed by atoms with van der Waals surface area (Å²) in [5.41, 5.74) is 0. The highest BCUT2D eigenvalue weighted by Gasteiger charge is 1.95. The van der Waals surface area contributed by atoms with Crippen LogP contribution in [0.3, 0.4) is 0 Å². The number of hydrogen-bond acceptors (Lipinski definition) is 4. The average molecular weight is 178 g/mol. The maximum atomic E-state index is 10.1. The van der Waals surface area contributed by atoms with Gasteiger partial charge < -0.3 is 15.3 Å². The van der Waals surface area contributed by atoms with Gasteiger partial charge in [-0.05, 0) is 6.92 Å². The van der Waals surface area contributed by atoms with Crippen LogP contribution in [0.2, 0.25) is 0 Å². The van der Waals surface area contributed by atoms with E-state index in [1.54, 1.807) is 6.92 Å². The van der Waals surface area contributed by atoms with Crippen molar-refractivity contribution in [1.82, 2.24) is 0 Å². The lowest BCUT2D eigenvalue weighted by molar-refractivity contribution is -0.119. The van der Waals surface area contributed by atoms with E-state index in [-0.39, 0.29) is 24.9 Å². The zero-order valence-electron chi connectivity index (χ0n) is 7.82. The predicted octanol–water partition coefficient (Wildman–Crippen LogP) is -0.437. The summed E-state index contributed by atoms with van der Waals surface area (Å²) in [6, 6.07) is 0. The Labute approximate surface area is 72.8 Å². The van der Waals surface area contributed by atoms with Crippen LogP contribution >= 0.6 is 0 Å². The first kappa shape index (κ1) is 14.1. The quantitative estimate of drug-likeness (QED) is 0.547. The lowest BCUT2D eigenvalue weighted by Gasteiger charge is -1.96. The minimum Gasteiger partial charge on any atom is -0.394 e. The highest BCUT2D eigenvalue weighted by Crippen LogP contribution is 1.89. The van der Waals surface area contributed by atoms with Crippen molar-refractivity contribution >= 4 is 5.78 Å². The summed E-state index contributed by atoms with van der Waals surface area (Å²) in [6.45, 7) is 4.66. The van der Waals surface area contributed by atoms with Crippen molar-refractivity contribution in [2.45, 2.75) is 26.9 Å². The Balaban J connectivity index is 0. The smallest absolute Gasteiger partial charge is 0.132 e. The minimum atomic E-state index is -0.954. The number of Topliss-reactive ketones (excluding diaryl/α,β-unsaturated/α-hetero) is 1. The molecule has 3 N–H and O–H groups in total. The van der Waals surface area contributed by atoms with Crippen LogP contribution in [0.25, 0.3) is 0 Å². The topological polar surface area (TPSA) is 77.8 Å². The number of aliphatic hydroxyl groups is 3. The monoisotopic (exact) mass is 178 g/mol. The molecule has 0 saturated heterocycles. The fourth-order valence-corrected chi connectivity index (χ4v) is 0.0577. The van der Waals surface area contributed by atoms with Crippen molar-refractivity contribution < 1.29 is 20.1 Å². The molecule has 74 valence electrons. The normalized spacial score (nSPS) is 9.67. The maximum absolute atomic E-state index is 10.1. The summed E-state index contributed by atoms with van der Waals surface area (Å²) >= 11 is 0. The first-order chi connectivity index (χ1) is 5.45. The Morgan fingerprint density at radius 3 is 1.50 bits per heavy atom. The molecule has 0 unspecified atom stereocenters. The molecule has 0 aliphatic carbocycles. The number of carbonyl (C=O) groups is 1. The second-order valence-electron chi connectivity index (χ2n) is 2.78. The molecule has 4 heteroatoms. The van der Waals surface area contributed by atoms with Gasteiger partial charge in [0.2, 0.25) is 0 Å². The van der Waals surface area contributed by atoms with Gasteiger partial charge in [-0.1, -0.05) is 13.8 Å². The molecule has 0 saturated carbocycles. The molecule has 0 spiro atoms. The number of ketones is 1. The molecule has 0 radical (unpaired) electrons. The summed E-state index contributed by atoms with van der Waals surface area (Å²) in [4.78, 5) is 10.1. The van der Waals surface area contributed by atoms with Crippen LogP contribution in [0.15, 0.2) is 0 Å². The molecule has 0 aliphatic heterocycles. The molecule has 0 bridgehead atoms. The highest BCUT2D eigenvalue weighted by atomic mass is 16.3. The molecular weight excluding hydrogens is 160 g/mol. The van der Waals surface area contributed by atoms with Crippen molar-refractivity contribution in [2.75, 3.05) is 13.2 Å². The van der Waals surface area contributed by atoms with E-state index in [1.165, 1.54) is 0 Å². The van der Waals surface area contributed by atoms with Gasteiger partial charge in [0, 0.05) is 5.92 Å². The molecule has 0 heterocycles. The number of aliphatic hydroxyl groups excluding tert-OH is 3. The standard InChI is InChI=1S/C5H10O.C3H8O3/c1-4(2)5(3)6;4-1-3(6)2-5/h4H,1-3H3;3-6H,1-2H2. The summed E-state index contributed by atoms with van der Waals surface area (Å²) in [5, 5.41) is 24.0. The largest absolute Gasteiger partial charge is 0.394 e. The third-order valence-corrected chi connectivity index (χ3v) is 1.23. The Bertz CT molecular complexity index is 108. The zero-order valence-corrected chi connectivity index (χ0v) is 7.82. The molecular formula is C8H18O4. The van der Waals surface area contributed by atoms with Gasteiger partial charge in [0.1, 0.15) is 11.9 Å². The molecule has 0 rings (SSSR count). The molecule has 0 fully saturated rings. The first-order valence-corrected chi connectivity index (χ1v) is 3.85. The third kappa shape index (κ3) is 12.2. The third-order valence-electron chi connectivity index (χ3n) is 1.23. The molecule has 0 amide bonds. The van der Waals surface area contributed by atoms with Crippen LogP contribution in [-0.4, -0.2) is 40.4 Å². The molecule has 0 atom stereocenters. The summed E-state index contributed by atoms with van der Waals surface area (Å²) in [5.74, 6) is 0.472. The highest BCUT2D eigenvalue weighted by molar-refractivity contribution is 5.77. The van der Waals surface area contributed by atoms with Crippen molar-refractivity contribution in [3.05, 3.63) is 0 Å². The van der Waals surface area contributed by atoms with E-state index in [1.807, 2.05) is 13.8 Å². The zero-order chi connectivity index (χ0) is 10.1. The van der Waals surface area contributed by atoms with E-state index in [0.717, 1.165) is 0 Å². The van der Waals surface area contributed by atoms with E-state index in [0.29, 0.717) is 0 Å². The summed E-state index contributed by atoms with van der Waals surface area (Å²) in [6.07, 6.45) is -0.954. The van der Waals surface area contributed by atoms with Crippen LogP contribution < -0.4 is 0 Å². The van der Waals surface area contributed by atoms with Crippen LogP contribution in [-0.2, 0) is 4.79 Å². The fraction of sp³-hybridized carbons (Fsp3) is 0.875. The van der Waals surface area contributed by atoms with Crippen LogP contribution in [0.1, 0.15) is 20.8 Å². The molecule has 0 aromatic rings.